The van der Waals surface area contributed by atoms with E-state index >= 15 is 0 Å². The maximum absolute atomic E-state index is 12.3. The van der Waals surface area contributed by atoms with Crippen molar-refractivity contribution in [1.29, 1.82) is 0 Å². The molecule has 0 saturated heterocycles. The Hall–Kier alpha value is -1.21. The van der Waals surface area contributed by atoms with Crippen LogP contribution in [0, 0.1) is 0 Å². The van der Waals surface area contributed by atoms with E-state index in [1.54, 1.807) is 21.2 Å². The van der Waals surface area contributed by atoms with Crippen LogP contribution in [0.5, 0.6) is 5.75 Å². The molecule has 0 fully saturated rings. The van der Waals surface area contributed by atoms with Gasteiger partial charge >= 0.3 is 0 Å². The molecule has 2 aromatic carbocycles. The first kappa shape index (κ1) is 22.1. The van der Waals surface area contributed by atoms with Gasteiger partial charge in [0.25, 0.3) is 5.24 Å². The Morgan fingerprint density at radius 3 is 2.52 bits per heavy atom. The van der Waals surface area contributed by atoms with Gasteiger partial charge in [-0.05, 0) is 65.9 Å². The number of thioether (sulfide) groups is 1. The maximum Gasteiger partial charge on any atom is 0.285 e. The second-order valence-electron chi connectivity index (χ2n) is 6.25. The van der Waals surface area contributed by atoms with Crippen LogP contribution in [0.15, 0.2) is 39.7 Å². The molecule has 2 aromatic rings. The summed E-state index contributed by atoms with van der Waals surface area (Å²) >= 11 is 11.5. The number of benzene rings is 2. The highest BCUT2D eigenvalue weighted by molar-refractivity contribution is 9.10. The summed E-state index contributed by atoms with van der Waals surface area (Å²) in [5.41, 5.74) is 2.99. The van der Waals surface area contributed by atoms with E-state index in [9.17, 15) is 9.90 Å². The third-order valence-corrected chi connectivity index (χ3v) is 6.48. The van der Waals surface area contributed by atoms with Crippen LogP contribution in [0.4, 0.5) is 4.79 Å². The van der Waals surface area contributed by atoms with Gasteiger partial charge in [-0.15, -0.1) is 0 Å². The molecule has 1 amide bonds. The van der Waals surface area contributed by atoms with E-state index in [1.165, 1.54) is 4.90 Å². The number of aliphatic hydroxyl groups excluding tert-OH is 1. The number of amides is 1. The van der Waals surface area contributed by atoms with Crippen LogP contribution < -0.4 is 4.74 Å². The first-order valence-corrected chi connectivity index (χ1v) is 10.5. The lowest BCUT2D eigenvalue weighted by Crippen LogP contribution is -2.16. The lowest BCUT2D eigenvalue weighted by molar-refractivity contribution is 0.241. The first-order chi connectivity index (χ1) is 12.9. The predicted octanol–water partition coefficient (Wildman–Crippen LogP) is 5.40. The molecule has 27 heavy (non-hydrogen) atoms. The topological polar surface area (TPSA) is 49.8 Å². The Kier molecular flexibility index (Phi) is 8.48. The van der Waals surface area contributed by atoms with E-state index in [4.69, 9.17) is 16.3 Å². The average molecular weight is 473 g/mol. The SMILES string of the molecule is COc1ccc(Cc2cc(Br)c(CCCO)c(SC(=O)N(C)C)c2Cl)cc1. The van der Waals surface area contributed by atoms with Crippen molar-refractivity contribution in [1.82, 2.24) is 4.90 Å². The molecule has 2 rings (SSSR count). The lowest BCUT2D eigenvalue weighted by Gasteiger charge is -2.18. The molecule has 0 aliphatic rings. The third-order valence-electron chi connectivity index (χ3n) is 4.04. The van der Waals surface area contributed by atoms with E-state index < -0.39 is 0 Å². The molecule has 4 nitrogen and oxygen atoms in total. The summed E-state index contributed by atoms with van der Waals surface area (Å²) in [6.07, 6.45) is 1.89. The highest BCUT2D eigenvalue weighted by Crippen LogP contribution is 2.40. The van der Waals surface area contributed by atoms with E-state index in [-0.39, 0.29) is 11.8 Å². The van der Waals surface area contributed by atoms with Gasteiger partial charge in [-0.25, -0.2) is 0 Å². The molecule has 1 N–H and O–H groups in total. The number of halogens is 2. The monoisotopic (exact) mass is 471 g/mol. The van der Waals surface area contributed by atoms with Crippen molar-refractivity contribution in [2.24, 2.45) is 0 Å². The Morgan fingerprint density at radius 2 is 1.96 bits per heavy atom. The third kappa shape index (κ3) is 5.88. The summed E-state index contributed by atoms with van der Waals surface area (Å²) in [6, 6.07) is 9.84. The van der Waals surface area contributed by atoms with E-state index in [2.05, 4.69) is 15.9 Å². The average Bonchev–Trinajstić information content (AvgIpc) is 2.65. The molecule has 0 heterocycles. The zero-order valence-electron chi connectivity index (χ0n) is 15.6. The van der Waals surface area contributed by atoms with Gasteiger partial charge in [0.15, 0.2) is 0 Å². The molecule has 7 heteroatoms. The summed E-state index contributed by atoms with van der Waals surface area (Å²) in [5, 5.41) is 9.70. The number of nitrogens with zero attached hydrogens (tertiary/aromatic N) is 1. The van der Waals surface area contributed by atoms with Crippen molar-refractivity contribution in [2.75, 3.05) is 27.8 Å². The second kappa shape index (κ2) is 10.4. The molecule has 0 saturated carbocycles. The smallest absolute Gasteiger partial charge is 0.285 e. The summed E-state index contributed by atoms with van der Waals surface area (Å²) < 4.78 is 6.10. The molecule has 146 valence electrons. The Morgan fingerprint density at radius 1 is 1.30 bits per heavy atom. The zero-order valence-corrected chi connectivity index (χ0v) is 18.7. The minimum atomic E-state index is -0.0874. The fourth-order valence-electron chi connectivity index (χ4n) is 2.56. The van der Waals surface area contributed by atoms with Gasteiger partial charge in [0, 0.05) is 30.1 Å². The molecule has 0 radical (unpaired) electrons. The largest absolute Gasteiger partial charge is 0.497 e. The first-order valence-electron chi connectivity index (χ1n) is 8.50. The quantitative estimate of drug-likeness (QED) is 0.548. The van der Waals surface area contributed by atoms with Crippen molar-refractivity contribution >= 4 is 44.5 Å². The standard InChI is InChI=1S/C20H23BrClNO3S/c1-23(2)20(25)27-19-16(5-4-10-24)17(21)12-14(18(19)22)11-13-6-8-15(26-3)9-7-13/h6-9,12,24H,4-5,10-11H2,1-3H3. The van der Waals surface area contributed by atoms with Gasteiger partial charge in [-0.1, -0.05) is 39.7 Å². The van der Waals surface area contributed by atoms with E-state index in [0.717, 1.165) is 43.6 Å². The maximum atomic E-state index is 12.3. The van der Waals surface area contributed by atoms with Crippen LogP contribution in [0.3, 0.4) is 0 Å². The molecule has 0 spiro atoms. The fraction of sp³-hybridized carbons (Fsp3) is 0.350. The summed E-state index contributed by atoms with van der Waals surface area (Å²) in [6.45, 7) is 0.0867. The van der Waals surface area contributed by atoms with Crippen LogP contribution in [0.1, 0.15) is 23.1 Å². The molecular formula is C20H23BrClNO3S. The van der Waals surface area contributed by atoms with E-state index in [0.29, 0.717) is 24.3 Å². The van der Waals surface area contributed by atoms with Gasteiger partial charge in [-0.2, -0.15) is 0 Å². The summed E-state index contributed by atoms with van der Waals surface area (Å²) in [5.74, 6) is 0.804. The normalized spacial score (nSPS) is 10.7. The highest BCUT2D eigenvalue weighted by atomic mass is 79.9. The predicted molar refractivity (Wildman–Crippen MR) is 115 cm³/mol. The lowest BCUT2D eigenvalue weighted by atomic mass is 10.0. The van der Waals surface area contributed by atoms with Crippen molar-refractivity contribution in [3.05, 3.63) is 56.5 Å². The summed E-state index contributed by atoms with van der Waals surface area (Å²) in [7, 11) is 5.07. The molecule has 0 aromatic heterocycles. The van der Waals surface area contributed by atoms with Crippen molar-refractivity contribution in [2.45, 2.75) is 24.2 Å². The second-order valence-corrected chi connectivity index (χ2v) is 8.45. The Balaban J connectivity index is 2.42. The minimum absolute atomic E-state index is 0.0867. The molecule has 0 aliphatic carbocycles. The van der Waals surface area contributed by atoms with Crippen molar-refractivity contribution in [3.8, 4) is 5.75 Å². The number of aliphatic hydroxyl groups is 1. The number of hydrogen-bond acceptors (Lipinski definition) is 4. The minimum Gasteiger partial charge on any atom is -0.497 e. The van der Waals surface area contributed by atoms with Crippen molar-refractivity contribution < 1.29 is 14.6 Å². The number of carbonyl (C=O) groups excluding carboxylic acids is 1. The fourth-order valence-corrected chi connectivity index (χ4v) is 4.62. The Labute approximate surface area is 178 Å². The number of carbonyl (C=O) groups is 1. The van der Waals surface area contributed by atoms with E-state index in [1.807, 2.05) is 30.3 Å². The van der Waals surface area contributed by atoms with Crippen molar-refractivity contribution in [3.63, 3.8) is 0 Å². The van der Waals surface area contributed by atoms with Crippen LogP contribution in [-0.4, -0.2) is 43.1 Å². The van der Waals surface area contributed by atoms with Gasteiger partial charge in [-0.3, -0.25) is 4.79 Å². The van der Waals surface area contributed by atoms with Gasteiger partial charge in [0.1, 0.15) is 5.75 Å². The van der Waals surface area contributed by atoms with Crippen LogP contribution in [-0.2, 0) is 12.8 Å². The molecule has 0 aliphatic heterocycles. The molecule has 0 bridgehead atoms. The Bertz CT molecular complexity index is 797. The van der Waals surface area contributed by atoms with Gasteiger partial charge in [0.05, 0.1) is 12.1 Å². The number of methoxy groups -OCH3 is 1. The molecule has 0 unspecified atom stereocenters. The zero-order chi connectivity index (χ0) is 20.0. The summed E-state index contributed by atoms with van der Waals surface area (Å²) in [4.78, 5) is 14.6. The number of hydrogen-bond donors (Lipinski definition) is 1. The molecular weight excluding hydrogens is 450 g/mol. The molecule has 0 atom stereocenters. The number of rotatable bonds is 7. The van der Waals surface area contributed by atoms with Crippen LogP contribution >= 0.6 is 39.3 Å². The van der Waals surface area contributed by atoms with Crippen LogP contribution in [0.2, 0.25) is 5.02 Å². The van der Waals surface area contributed by atoms with Gasteiger partial charge in [0.2, 0.25) is 0 Å². The number of ether oxygens (including phenoxy) is 1. The van der Waals surface area contributed by atoms with Crippen LogP contribution in [0.25, 0.3) is 0 Å². The van der Waals surface area contributed by atoms with Gasteiger partial charge < -0.3 is 14.7 Å². The highest BCUT2D eigenvalue weighted by Gasteiger charge is 2.20.